The van der Waals surface area contributed by atoms with Gasteiger partial charge in [0.1, 0.15) is 5.82 Å². The lowest BCUT2D eigenvalue weighted by Crippen LogP contribution is -2.45. The molecule has 1 aromatic heterocycles. The third-order valence-electron chi connectivity index (χ3n) is 3.64. The number of carboxylic acid groups (broad SMARTS) is 1. The maximum absolute atomic E-state index is 11.9. The van der Waals surface area contributed by atoms with Gasteiger partial charge in [-0.1, -0.05) is 0 Å². The first-order chi connectivity index (χ1) is 10.5. The van der Waals surface area contributed by atoms with E-state index >= 15 is 0 Å². The fraction of sp³-hybridized carbons (Fsp3) is 0.533. The number of nitrogens with zero attached hydrogens (tertiary/aromatic N) is 2. The lowest BCUT2D eigenvalue weighted by molar-refractivity contribution is -0.144. The Bertz CT molecular complexity index is 535. The van der Waals surface area contributed by atoms with Gasteiger partial charge in [0.05, 0.1) is 19.1 Å². The standard InChI is InChI=1S/C15H21N3O4/c16-13-9-11(5-6-17-13)1-2-12-10-18(7-8-22-12)14(19)3-4-15(20)21/h5-6,9,12H,1-4,7-8,10H2,(H2,16,17)(H,20,21)/t12-/m0/s1. The summed E-state index contributed by atoms with van der Waals surface area (Å²) in [5.74, 6) is -0.579. The van der Waals surface area contributed by atoms with E-state index in [1.54, 1.807) is 11.1 Å². The van der Waals surface area contributed by atoms with Crippen molar-refractivity contribution in [2.45, 2.75) is 31.8 Å². The largest absolute Gasteiger partial charge is 0.481 e. The molecule has 0 saturated carbocycles. The summed E-state index contributed by atoms with van der Waals surface area (Å²) >= 11 is 0. The second-order valence-electron chi connectivity index (χ2n) is 5.35. The number of anilines is 1. The van der Waals surface area contributed by atoms with E-state index in [9.17, 15) is 9.59 Å². The molecule has 0 spiro atoms. The summed E-state index contributed by atoms with van der Waals surface area (Å²) < 4.78 is 5.68. The van der Waals surface area contributed by atoms with Crippen molar-refractivity contribution in [2.24, 2.45) is 0 Å². The van der Waals surface area contributed by atoms with Gasteiger partial charge in [0.25, 0.3) is 0 Å². The Morgan fingerprint density at radius 3 is 3.00 bits per heavy atom. The van der Waals surface area contributed by atoms with Crippen molar-refractivity contribution < 1.29 is 19.4 Å². The van der Waals surface area contributed by atoms with Crippen LogP contribution in [-0.4, -0.2) is 52.7 Å². The lowest BCUT2D eigenvalue weighted by Gasteiger charge is -2.33. The molecule has 1 atom stereocenters. The summed E-state index contributed by atoms with van der Waals surface area (Å²) in [4.78, 5) is 28.1. The number of ether oxygens (including phenoxy) is 1. The van der Waals surface area contributed by atoms with E-state index in [0.29, 0.717) is 25.5 Å². The zero-order chi connectivity index (χ0) is 15.9. The minimum Gasteiger partial charge on any atom is -0.481 e. The number of carbonyl (C=O) groups is 2. The SMILES string of the molecule is Nc1cc(CC[C@H]2CN(C(=O)CCC(=O)O)CCO2)ccn1. The van der Waals surface area contributed by atoms with Crippen LogP contribution in [0.15, 0.2) is 18.3 Å². The average molecular weight is 307 g/mol. The summed E-state index contributed by atoms with van der Waals surface area (Å²) in [5, 5.41) is 8.63. The summed E-state index contributed by atoms with van der Waals surface area (Å²) in [6.45, 7) is 1.53. The molecule has 1 aromatic rings. The van der Waals surface area contributed by atoms with Crippen molar-refractivity contribution >= 4 is 17.7 Å². The zero-order valence-electron chi connectivity index (χ0n) is 12.4. The topological polar surface area (TPSA) is 106 Å². The Hall–Kier alpha value is -2.15. The molecule has 3 N–H and O–H groups in total. The molecule has 2 rings (SSSR count). The van der Waals surface area contributed by atoms with E-state index in [1.165, 1.54) is 0 Å². The van der Waals surface area contributed by atoms with Gasteiger partial charge in [-0.05, 0) is 30.5 Å². The summed E-state index contributed by atoms with van der Waals surface area (Å²) in [5.41, 5.74) is 6.73. The van der Waals surface area contributed by atoms with E-state index in [0.717, 1.165) is 18.4 Å². The summed E-state index contributed by atoms with van der Waals surface area (Å²) in [6, 6.07) is 3.74. The Morgan fingerprint density at radius 1 is 1.45 bits per heavy atom. The van der Waals surface area contributed by atoms with Crippen LogP contribution < -0.4 is 5.73 Å². The number of amides is 1. The van der Waals surface area contributed by atoms with Crippen LogP contribution in [-0.2, 0) is 20.7 Å². The molecule has 0 radical (unpaired) electrons. The van der Waals surface area contributed by atoms with Gasteiger partial charge >= 0.3 is 5.97 Å². The Kier molecular flexibility index (Phi) is 5.71. The quantitative estimate of drug-likeness (QED) is 0.801. The number of morpholine rings is 1. The average Bonchev–Trinajstić information content (AvgIpc) is 2.51. The van der Waals surface area contributed by atoms with Crippen LogP contribution in [0.4, 0.5) is 5.82 Å². The number of hydrogen-bond acceptors (Lipinski definition) is 5. The molecule has 0 aromatic carbocycles. The van der Waals surface area contributed by atoms with Crippen LogP contribution in [0.1, 0.15) is 24.8 Å². The molecule has 1 fully saturated rings. The molecule has 7 heteroatoms. The number of aromatic nitrogens is 1. The van der Waals surface area contributed by atoms with Crippen LogP contribution in [0.2, 0.25) is 0 Å². The second-order valence-corrected chi connectivity index (χ2v) is 5.35. The maximum Gasteiger partial charge on any atom is 0.303 e. The van der Waals surface area contributed by atoms with Crippen LogP contribution in [0, 0.1) is 0 Å². The van der Waals surface area contributed by atoms with Crippen LogP contribution in [0.25, 0.3) is 0 Å². The van der Waals surface area contributed by atoms with Crippen LogP contribution in [0.5, 0.6) is 0 Å². The van der Waals surface area contributed by atoms with Crippen LogP contribution >= 0.6 is 0 Å². The predicted molar refractivity (Wildman–Crippen MR) is 80.2 cm³/mol. The minimum atomic E-state index is -0.951. The van der Waals surface area contributed by atoms with Crippen molar-refractivity contribution in [3.8, 4) is 0 Å². The second kappa shape index (κ2) is 7.74. The van der Waals surface area contributed by atoms with Crippen molar-refractivity contribution in [1.82, 2.24) is 9.88 Å². The molecular formula is C15H21N3O4. The molecule has 22 heavy (non-hydrogen) atoms. The van der Waals surface area contributed by atoms with Gasteiger partial charge < -0.3 is 20.5 Å². The molecular weight excluding hydrogens is 286 g/mol. The number of aryl methyl sites for hydroxylation is 1. The van der Waals surface area contributed by atoms with E-state index < -0.39 is 5.97 Å². The Balaban J connectivity index is 1.80. The van der Waals surface area contributed by atoms with E-state index in [2.05, 4.69) is 4.98 Å². The molecule has 120 valence electrons. The molecule has 1 aliphatic heterocycles. The normalized spacial score (nSPS) is 18.2. The monoisotopic (exact) mass is 307 g/mol. The number of aliphatic carboxylic acids is 1. The molecule has 0 bridgehead atoms. The zero-order valence-corrected chi connectivity index (χ0v) is 12.4. The third kappa shape index (κ3) is 5.00. The van der Waals surface area contributed by atoms with E-state index in [1.807, 2.05) is 12.1 Å². The van der Waals surface area contributed by atoms with Gasteiger partial charge in [-0.3, -0.25) is 9.59 Å². The summed E-state index contributed by atoms with van der Waals surface area (Å²) in [6.07, 6.45) is 3.14. The van der Waals surface area contributed by atoms with Crippen molar-refractivity contribution in [3.63, 3.8) is 0 Å². The smallest absolute Gasteiger partial charge is 0.303 e. The molecule has 7 nitrogen and oxygen atoms in total. The highest BCUT2D eigenvalue weighted by molar-refractivity contribution is 5.80. The summed E-state index contributed by atoms with van der Waals surface area (Å²) in [7, 11) is 0. The molecule has 1 amide bonds. The molecule has 1 aliphatic rings. The number of nitrogen functional groups attached to an aromatic ring is 1. The van der Waals surface area contributed by atoms with Gasteiger partial charge in [-0.25, -0.2) is 4.98 Å². The predicted octanol–water partition coefficient (Wildman–Crippen LogP) is 0.689. The van der Waals surface area contributed by atoms with Gasteiger partial charge in [-0.2, -0.15) is 0 Å². The molecule has 0 unspecified atom stereocenters. The first-order valence-electron chi connectivity index (χ1n) is 7.36. The van der Waals surface area contributed by atoms with Crippen molar-refractivity contribution in [1.29, 1.82) is 0 Å². The number of carboxylic acids is 1. The maximum atomic E-state index is 11.9. The Labute approximate surface area is 129 Å². The Morgan fingerprint density at radius 2 is 2.27 bits per heavy atom. The van der Waals surface area contributed by atoms with E-state index in [-0.39, 0.29) is 24.9 Å². The third-order valence-corrected chi connectivity index (χ3v) is 3.64. The fourth-order valence-electron chi connectivity index (χ4n) is 2.47. The highest BCUT2D eigenvalue weighted by Gasteiger charge is 2.24. The number of carbonyl (C=O) groups excluding carboxylic acids is 1. The van der Waals surface area contributed by atoms with Gasteiger partial charge in [0.2, 0.25) is 5.91 Å². The van der Waals surface area contributed by atoms with Crippen LogP contribution in [0.3, 0.4) is 0 Å². The van der Waals surface area contributed by atoms with E-state index in [4.69, 9.17) is 15.6 Å². The molecule has 0 aliphatic carbocycles. The molecule has 1 saturated heterocycles. The highest BCUT2D eigenvalue weighted by Crippen LogP contribution is 2.14. The fourth-order valence-corrected chi connectivity index (χ4v) is 2.47. The van der Waals surface area contributed by atoms with Gasteiger partial charge in [0, 0.05) is 25.7 Å². The van der Waals surface area contributed by atoms with Crippen molar-refractivity contribution in [3.05, 3.63) is 23.9 Å². The first kappa shape index (κ1) is 16.2. The number of rotatable bonds is 6. The molecule has 2 heterocycles. The minimum absolute atomic E-state index is 0.0306. The number of nitrogens with two attached hydrogens (primary N) is 1. The van der Waals surface area contributed by atoms with Gasteiger partial charge in [0.15, 0.2) is 0 Å². The number of pyridine rings is 1. The van der Waals surface area contributed by atoms with Crippen molar-refractivity contribution in [2.75, 3.05) is 25.4 Å². The highest BCUT2D eigenvalue weighted by atomic mass is 16.5. The van der Waals surface area contributed by atoms with Gasteiger partial charge in [-0.15, -0.1) is 0 Å². The number of hydrogen-bond donors (Lipinski definition) is 2. The lowest BCUT2D eigenvalue weighted by atomic mass is 10.1. The first-order valence-corrected chi connectivity index (χ1v) is 7.36.